The summed E-state index contributed by atoms with van der Waals surface area (Å²) in [5, 5.41) is 9.16. The third-order valence-electron chi connectivity index (χ3n) is 3.65. The first kappa shape index (κ1) is 16.2. The van der Waals surface area contributed by atoms with Gasteiger partial charge in [0, 0.05) is 12.2 Å². The van der Waals surface area contributed by atoms with E-state index < -0.39 is 28.0 Å². The van der Waals surface area contributed by atoms with Crippen LogP contribution >= 0.6 is 11.6 Å². The second kappa shape index (κ2) is 6.72. The fourth-order valence-electron chi connectivity index (χ4n) is 2.58. The molecule has 2 N–H and O–H groups in total. The van der Waals surface area contributed by atoms with Crippen molar-refractivity contribution in [1.29, 1.82) is 0 Å². The van der Waals surface area contributed by atoms with Crippen LogP contribution in [0.4, 0.5) is 0 Å². The van der Waals surface area contributed by atoms with E-state index in [-0.39, 0.29) is 10.0 Å². The highest BCUT2D eigenvalue weighted by Gasteiger charge is 2.33. The van der Waals surface area contributed by atoms with Gasteiger partial charge in [-0.3, -0.25) is 4.79 Å². The fraction of sp³-hybridized carbons (Fsp3) is 0.538. The molecule has 0 amide bonds. The zero-order chi connectivity index (χ0) is 15.5. The van der Waals surface area contributed by atoms with Crippen molar-refractivity contribution in [3.63, 3.8) is 0 Å². The minimum absolute atomic E-state index is 0.120. The number of hydrogen-bond donors (Lipinski definition) is 2. The Morgan fingerprint density at radius 1 is 1.33 bits per heavy atom. The van der Waals surface area contributed by atoms with Crippen LogP contribution in [0.25, 0.3) is 0 Å². The van der Waals surface area contributed by atoms with Gasteiger partial charge in [-0.25, -0.2) is 18.1 Å². The van der Waals surface area contributed by atoms with Crippen LogP contribution in [0.3, 0.4) is 0 Å². The van der Waals surface area contributed by atoms with Crippen LogP contribution in [-0.2, 0) is 14.8 Å². The van der Waals surface area contributed by atoms with Crippen molar-refractivity contribution < 1.29 is 18.3 Å². The number of sulfonamides is 1. The molecule has 0 aromatic carbocycles. The zero-order valence-corrected chi connectivity index (χ0v) is 12.9. The lowest BCUT2D eigenvalue weighted by molar-refractivity contribution is -0.142. The van der Waals surface area contributed by atoms with Crippen molar-refractivity contribution in [3.05, 3.63) is 23.5 Å². The van der Waals surface area contributed by atoms with E-state index in [1.54, 1.807) is 0 Å². The number of nitrogens with zero attached hydrogens (tertiary/aromatic N) is 1. The summed E-state index contributed by atoms with van der Waals surface area (Å²) in [5.74, 6) is -1.68. The van der Waals surface area contributed by atoms with Gasteiger partial charge in [-0.05, 0) is 25.0 Å². The number of hydrogen-bond acceptors (Lipinski definition) is 4. The Hall–Kier alpha value is -1.18. The summed E-state index contributed by atoms with van der Waals surface area (Å²) in [6.45, 7) is 0. The van der Waals surface area contributed by atoms with E-state index in [0.29, 0.717) is 12.8 Å². The van der Waals surface area contributed by atoms with E-state index in [4.69, 9.17) is 11.6 Å². The first-order chi connectivity index (χ1) is 9.92. The van der Waals surface area contributed by atoms with E-state index in [2.05, 4.69) is 9.71 Å². The summed E-state index contributed by atoms with van der Waals surface area (Å²) in [6.07, 6.45) is 4.89. The monoisotopic (exact) mass is 332 g/mol. The molecule has 21 heavy (non-hydrogen) atoms. The number of aromatic nitrogens is 1. The predicted molar refractivity (Wildman–Crippen MR) is 77.6 cm³/mol. The predicted octanol–water partition coefficient (Wildman–Crippen LogP) is 2.05. The summed E-state index contributed by atoms with van der Waals surface area (Å²) in [7, 11) is -3.88. The number of carboxylic acids is 1. The maximum absolute atomic E-state index is 12.4. The Bertz CT molecular complexity index is 620. The first-order valence-electron chi connectivity index (χ1n) is 6.77. The topological polar surface area (TPSA) is 96.4 Å². The van der Waals surface area contributed by atoms with Crippen LogP contribution in [0.2, 0.25) is 5.15 Å². The van der Waals surface area contributed by atoms with E-state index in [1.165, 1.54) is 18.3 Å². The maximum atomic E-state index is 12.4. The molecule has 0 radical (unpaired) electrons. The van der Waals surface area contributed by atoms with Gasteiger partial charge >= 0.3 is 5.97 Å². The smallest absolute Gasteiger partial charge is 0.308 e. The molecule has 0 saturated heterocycles. The Labute approximate surface area is 128 Å². The number of rotatable bonds is 4. The Balaban J connectivity index is 2.25. The molecular weight excluding hydrogens is 316 g/mol. The number of halogens is 1. The molecule has 116 valence electrons. The van der Waals surface area contributed by atoms with Crippen LogP contribution in [0, 0.1) is 5.92 Å². The highest BCUT2D eigenvalue weighted by atomic mass is 35.5. The lowest BCUT2D eigenvalue weighted by Gasteiger charge is -2.22. The Morgan fingerprint density at radius 3 is 2.71 bits per heavy atom. The summed E-state index contributed by atoms with van der Waals surface area (Å²) in [6, 6.07) is 2.21. The second-order valence-electron chi connectivity index (χ2n) is 5.10. The van der Waals surface area contributed by atoms with Crippen LogP contribution in [0.15, 0.2) is 23.2 Å². The van der Waals surface area contributed by atoms with Crippen LogP contribution in [0.5, 0.6) is 0 Å². The molecule has 1 heterocycles. The molecule has 1 aromatic heterocycles. The molecule has 2 unspecified atom stereocenters. The summed E-state index contributed by atoms with van der Waals surface area (Å²) in [4.78, 5) is 14.9. The molecule has 1 aliphatic rings. The second-order valence-corrected chi connectivity index (χ2v) is 7.14. The van der Waals surface area contributed by atoms with Crippen molar-refractivity contribution >= 4 is 27.6 Å². The minimum Gasteiger partial charge on any atom is -0.481 e. The van der Waals surface area contributed by atoms with E-state index >= 15 is 0 Å². The van der Waals surface area contributed by atoms with Gasteiger partial charge in [0.05, 0.1) is 5.92 Å². The standard InChI is InChI=1S/C13H17ClN2O4S/c14-12-11(7-4-8-15-12)21(19,20)16-10-6-3-1-2-5-9(10)13(17)18/h4,7-10,16H,1-3,5-6H2,(H,17,18). The van der Waals surface area contributed by atoms with Crippen molar-refractivity contribution in [3.8, 4) is 0 Å². The molecule has 1 aliphatic carbocycles. The maximum Gasteiger partial charge on any atom is 0.308 e. The molecular formula is C13H17ClN2O4S. The van der Waals surface area contributed by atoms with E-state index in [9.17, 15) is 18.3 Å². The lowest BCUT2D eigenvalue weighted by Crippen LogP contribution is -2.42. The molecule has 2 rings (SSSR count). The molecule has 2 atom stereocenters. The SMILES string of the molecule is O=C(O)C1CCCCCC1NS(=O)(=O)c1cccnc1Cl. The highest BCUT2D eigenvalue weighted by molar-refractivity contribution is 7.89. The van der Waals surface area contributed by atoms with Gasteiger partial charge < -0.3 is 5.11 Å². The Morgan fingerprint density at radius 2 is 2.05 bits per heavy atom. The normalized spacial score (nSPS) is 23.5. The molecule has 0 aliphatic heterocycles. The lowest BCUT2D eigenvalue weighted by atomic mass is 9.96. The van der Waals surface area contributed by atoms with Crippen molar-refractivity contribution in [2.24, 2.45) is 5.92 Å². The van der Waals surface area contributed by atoms with Crippen LogP contribution in [0.1, 0.15) is 32.1 Å². The number of aliphatic carboxylic acids is 1. The summed E-state index contributed by atoms with van der Waals surface area (Å²) in [5.41, 5.74) is 0. The quantitative estimate of drug-likeness (QED) is 0.649. The molecule has 1 saturated carbocycles. The third kappa shape index (κ3) is 3.93. The third-order valence-corrected chi connectivity index (χ3v) is 5.59. The van der Waals surface area contributed by atoms with Crippen molar-refractivity contribution in [1.82, 2.24) is 9.71 Å². The number of nitrogens with one attached hydrogen (secondary N) is 1. The zero-order valence-electron chi connectivity index (χ0n) is 11.3. The van der Waals surface area contributed by atoms with Gasteiger partial charge in [0.2, 0.25) is 10.0 Å². The van der Waals surface area contributed by atoms with Crippen molar-refractivity contribution in [2.75, 3.05) is 0 Å². The average molecular weight is 333 g/mol. The highest BCUT2D eigenvalue weighted by Crippen LogP contribution is 2.26. The molecule has 0 bridgehead atoms. The first-order valence-corrected chi connectivity index (χ1v) is 8.63. The van der Waals surface area contributed by atoms with Gasteiger partial charge in [0.15, 0.2) is 0 Å². The summed E-state index contributed by atoms with van der Waals surface area (Å²) >= 11 is 5.81. The van der Waals surface area contributed by atoms with E-state index in [1.807, 2.05) is 0 Å². The van der Waals surface area contributed by atoms with Gasteiger partial charge in [0.25, 0.3) is 0 Å². The largest absolute Gasteiger partial charge is 0.481 e. The van der Waals surface area contributed by atoms with Crippen molar-refractivity contribution in [2.45, 2.75) is 43.0 Å². The molecule has 1 aromatic rings. The van der Waals surface area contributed by atoms with Gasteiger partial charge in [0.1, 0.15) is 10.0 Å². The Kier molecular flexibility index (Phi) is 5.18. The average Bonchev–Trinajstić information content (AvgIpc) is 2.64. The minimum atomic E-state index is -3.88. The number of pyridine rings is 1. The van der Waals surface area contributed by atoms with E-state index in [0.717, 1.165) is 19.3 Å². The van der Waals surface area contributed by atoms with Crippen LogP contribution < -0.4 is 4.72 Å². The molecule has 0 spiro atoms. The fourth-order valence-corrected chi connectivity index (χ4v) is 4.34. The van der Waals surface area contributed by atoms with Crippen LogP contribution in [-0.4, -0.2) is 30.5 Å². The molecule has 1 fully saturated rings. The van der Waals surface area contributed by atoms with Gasteiger partial charge in [-0.2, -0.15) is 0 Å². The molecule has 8 heteroatoms. The number of carbonyl (C=O) groups is 1. The van der Waals surface area contributed by atoms with Gasteiger partial charge in [-0.15, -0.1) is 0 Å². The summed E-state index contributed by atoms with van der Waals surface area (Å²) < 4.78 is 27.2. The number of carboxylic acid groups (broad SMARTS) is 1. The molecule has 6 nitrogen and oxygen atoms in total. The van der Waals surface area contributed by atoms with Gasteiger partial charge in [-0.1, -0.05) is 30.9 Å².